The van der Waals surface area contributed by atoms with Crippen LogP contribution in [-0.4, -0.2) is 44.3 Å². The zero-order chi connectivity index (χ0) is 23.2. The van der Waals surface area contributed by atoms with E-state index in [1.807, 2.05) is 0 Å². The van der Waals surface area contributed by atoms with Crippen LogP contribution in [0.5, 0.6) is 0 Å². The summed E-state index contributed by atoms with van der Waals surface area (Å²) in [7, 11) is 0. The molecule has 4 heterocycles. The van der Waals surface area contributed by atoms with E-state index in [2.05, 4.69) is 15.1 Å². The van der Waals surface area contributed by atoms with Crippen molar-refractivity contribution in [3.8, 4) is 5.82 Å². The third kappa shape index (κ3) is 3.66. The Morgan fingerprint density at radius 3 is 2.45 bits per heavy atom. The molecule has 172 valence electrons. The standard InChI is InChI=1S/C22H22F3N7O/c23-15-5-4-14(13-16(15)24)32-17(33)3-1-6-22(32)7-11-30(12-8-22)19-18(25)20(29-21(26)28-19)31-10-2-9-27-31/h2,4-5,9-10,13H,1,3,6-8,11-12H2,(H2,26,28,29). The predicted molar refractivity (Wildman–Crippen MR) is 115 cm³/mol. The molecule has 5 rings (SSSR count). The van der Waals surface area contributed by atoms with Gasteiger partial charge < -0.3 is 15.5 Å². The van der Waals surface area contributed by atoms with Gasteiger partial charge in [-0.05, 0) is 43.9 Å². The minimum absolute atomic E-state index is 0.0426. The zero-order valence-corrected chi connectivity index (χ0v) is 17.7. The summed E-state index contributed by atoms with van der Waals surface area (Å²) in [5, 5.41) is 4.02. The molecule has 0 aliphatic carbocycles. The second kappa shape index (κ2) is 8.05. The number of piperidine rings is 2. The highest BCUT2D eigenvalue weighted by atomic mass is 19.2. The van der Waals surface area contributed by atoms with E-state index in [0.717, 1.165) is 18.6 Å². The Bertz CT molecular complexity index is 1190. The van der Waals surface area contributed by atoms with Crippen LogP contribution in [0.2, 0.25) is 0 Å². The fourth-order valence-electron chi connectivity index (χ4n) is 4.90. The number of hydrogen-bond acceptors (Lipinski definition) is 6. The van der Waals surface area contributed by atoms with Crippen LogP contribution in [0.15, 0.2) is 36.7 Å². The van der Waals surface area contributed by atoms with E-state index in [0.29, 0.717) is 44.5 Å². The Morgan fingerprint density at radius 2 is 1.76 bits per heavy atom. The van der Waals surface area contributed by atoms with Gasteiger partial charge in [0.1, 0.15) is 0 Å². The highest BCUT2D eigenvalue weighted by Crippen LogP contribution is 2.42. The summed E-state index contributed by atoms with van der Waals surface area (Å²) in [6, 6.07) is 5.17. The van der Waals surface area contributed by atoms with Gasteiger partial charge in [0.2, 0.25) is 17.7 Å². The number of halogens is 3. The molecule has 3 aromatic rings. The van der Waals surface area contributed by atoms with Crippen LogP contribution < -0.4 is 15.5 Å². The average molecular weight is 457 g/mol. The van der Waals surface area contributed by atoms with Gasteiger partial charge in [-0.25, -0.2) is 13.5 Å². The minimum Gasteiger partial charge on any atom is -0.368 e. The molecule has 1 amide bonds. The van der Waals surface area contributed by atoms with Crippen LogP contribution in [0, 0.1) is 17.5 Å². The first kappa shape index (κ1) is 21.2. The van der Waals surface area contributed by atoms with Crippen LogP contribution in [0.3, 0.4) is 0 Å². The maximum absolute atomic E-state index is 15.3. The summed E-state index contributed by atoms with van der Waals surface area (Å²) in [6.45, 7) is 0.804. The van der Waals surface area contributed by atoms with Gasteiger partial charge in [0, 0.05) is 43.7 Å². The number of aromatic nitrogens is 4. The number of benzene rings is 1. The zero-order valence-electron chi connectivity index (χ0n) is 17.7. The van der Waals surface area contributed by atoms with E-state index in [9.17, 15) is 13.6 Å². The molecule has 2 saturated heterocycles. The van der Waals surface area contributed by atoms with E-state index >= 15 is 4.39 Å². The maximum atomic E-state index is 15.3. The lowest BCUT2D eigenvalue weighted by atomic mass is 9.78. The summed E-state index contributed by atoms with van der Waals surface area (Å²) in [4.78, 5) is 24.4. The third-order valence-corrected chi connectivity index (χ3v) is 6.47. The second-order valence-corrected chi connectivity index (χ2v) is 8.39. The van der Waals surface area contributed by atoms with Crippen molar-refractivity contribution in [2.75, 3.05) is 28.6 Å². The summed E-state index contributed by atoms with van der Waals surface area (Å²) >= 11 is 0. The van der Waals surface area contributed by atoms with Crippen LogP contribution in [0.25, 0.3) is 5.82 Å². The van der Waals surface area contributed by atoms with Gasteiger partial charge in [0.25, 0.3) is 0 Å². The minimum atomic E-state index is -0.997. The molecule has 2 fully saturated rings. The molecule has 2 aliphatic rings. The van der Waals surface area contributed by atoms with Crippen LogP contribution in [-0.2, 0) is 4.79 Å². The van der Waals surface area contributed by atoms with Crippen molar-refractivity contribution in [1.29, 1.82) is 0 Å². The van der Waals surface area contributed by atoms with Crippen LogP contribution in [0.1, 0.15) is 32.1 Å². The summed E-state index contributed by atoms with van der Waals surface area (Å²) in [5.41, 5.74) is 5.62. The van der Waals surface area contributed by atoms with E-state index in [1.54, 1.807) is 22.1 Å². The van der Waals surface area contributed by atoms with Crippen molar-refractivity contribution in [3.63, 3.8) is 0 Å². The Labute approximate surface area is 187 Å². The number of nitrogens with two attached hydrogens (primary N) is 1. The Morgan fingerprint density at radius 1 is 1.00 bits per heavy atom. The van der Waals surface area contributed by atoms with Crippen molar-refractivity contribution < 1.29 is 18.0 Å². The molecule has 2 aromatic heterocycles. The van der Waals surface area contributed by atoms with Crippen molar-refractivity contribution in [2.24, 2.45) is 0 Å². The summed E-state index contributed by atoms with van der Waals surface area (Å²) in [5.74, 6) is -2.77. The van der Waals surface area contributed by atoms with E-state index < -0.39 is 23.0 Å². The van der Waals surface area contributed by atoms with Gasteiger partial charge in [-0.15, -0.1) is 0 Å². The fraction of sp³-hybridized carbons (Fsp3) is 0.364. The van der Waals surface area contributed by atoms with Gasteiger partial charge in [-0.1, -0.05) is 0 Å². The molecule has 0 radical (unpaired) electrons. The first-order valence-corrected chi connectivity index (χ1v) is 10.7. The Kier molecular flexibility index (Phi) is 5.18. The molecule has 1 aromatic carbocycles. The lowest BCUT2D eigenvalue weighted by Crippen LogP contribution is -2.60. The van der Waals surface area contributed by atoms with Crippen molar-refractivity contribution >= 4 is 23.4 Å². The highest BCUT2D eigenvalue weighted by molar-refractivity contribution is 5.95. The number of carbonyl (C=O) groups excluding carboxylic acids is 1. The molecule has 0 unspecified atom stereocenters. The summed E-state index contributed by atoms with van der Waals surface area (Å²) < 4.78 is 44.0. The molecule has 0 saturated carbocycles. The number of nitrogens with zero attached hydrogens (tertiary/aromatic N) is 6. The van der Waals surface area contributed by atoms with Crippen molar-refractivity contribution in [3.05, 3.63) is 54.1 Å². The molecule has 2 N–H and O–H groups in total. The quantitative estimate of drug-likeness (QED) is 0.649. The number of amides is 1. The monoisotopic (exact) mass is 457 g/mol. The second-order valence-electron chi connectivity index (χ2n) is 8.39. The third-order valence-electron chi connectivity index (χ3n) is 6.47. The number of nitrogen functional groups attached to an aromatic ring is 1. The Hall–Kier alpha value is -3.63. The molecule has 33 heavy (non-hydrogen) atoms. The molecule has 2 aliphatic heterocycles. The van der Waals surface area contributed by atoms with E-state index in [1.165, 1.54) is 16.9 Å². The van der Waals surface area contributed by atoms with Gasteiger partial charge in [0.15, 0.2) is 23.3 Å². The van der Waals surface area contributed by atoms with Crippen molar-refractivity contribution in [2.45, 2.75) is 37.6 Å². The molecule has 0 atom stereocenters. The van der Waals surface area contributed by atoms with Crippen LogP contribution >= 0.6 is 0 Å². The molecular formula is C22H22F3N7O. The highest BCUT2D eigenvalue weighted by Gasteiger charge is 2.46. The SMILES string of the molecule is Nc1nc(N2CCC3(CCCC(=O)N3c3ccc(F)c(F)c3)CC2)c(F)c(-n2cccn2)n1. The van der Waals surface area contributed by atoms with E-state index in [-0.39, 0.29) is 23.5 Å². The van der Waals surface area contributed by atoms with Crippen molar-refractivity contribution in [1.82, 2.24) is 19.7 Å². The molecule has 8 nitrogen and oxygen atoms in total. The van der Waals surface area contributed by atoms with Crippen LogP contribution in [0.4, 0.5) is 30.6 Å². The Balaban J connectivity index is 1.44. The largest absolute Gasteiger partial charge is 0.368 e. The molecular weight excluding hydrogens is 435 g/mol. The molecule has 0 bridgehead atoms. The summed E-state index contributed by atoms with van der Waals surface area (Å²) in [6.07, 6.45) is 5.86. The number of rotatable bonds is 3. The van der Waals surface area contributed by atoms with E-state index in [4.69, 9.17) is 5.73 Å². The first-order valence-electron chi connectivity index (χ1n) is 10.7. The number of carbonyl (C=O) groups is 1. The molecule has 11 heteroatoms. The smallest absolute Gasteiger partial charge is 0.227 e. The fourth-order valence-corrected chi connectivity index (χ4v) is 4.90. The van der Waals surface area contributed by atoms with Gasteiger partial charge in [-0.2, -0.15) is 19.5 Å². The van der Waals surface area contributed by atoms with Gasteiger partial charge >= 0.3 is 0 Å². The topological polar surface area (TPSA) is 93.2 Å². The number of anilines is 3. The van der Waals surface area contributed by atoms with Gasteiger partial charge in [0.05, 0.1) is 5.54 Å². The normalized spacial score (nSPS) is 18.2. The first-order chi connectivity index (χ1) is 15.9. The maximum Gasteiger partial charge on any atom is 0.227 e. The average Bonchev–Trinajstić information content (AvgIpc) is 3.33. The lowest BCUT2D eigenvalue weighted by Gasteiger charge is -2.51. The number of hydrogen-bond donors (Lipinski definition) is 1. The lowest BCUT2D eigenvalue weighted by molar-refractivity contribution is -0.121. The van der Waals surface area contributed by atoms with Gasteiger partial charge in [-0.3, -0.25) is 4.79 Å². The predicted octanol–water partition coefficient (Wildman–Crippen LogP) is 3.22. The molecule has 1 spiro atoms.